The molecule has 0 aromatic heterocycles. The molecule has 0 bridgehead atoms. The third kappa shape index (κ3) is 11.1. The Balaban J connectivity index is 0.000000221. The van der Waals surface area contributed by atoms with Gasteiger partial charge in [-0.25, -0.2) is 9.37 Å². The minimum absolute atomic E-state index is 0.0861. The SMILES string of the molecule is CC(=O)CCCCCCC(=O)N[C@H](Cc1ccccc1)C(=O)C[C@@H]1C(=O)O[C@@H]1C.CN(C)c1ccc2c(-c3ccccc3C(=O)O)c3ccc(=[N+](C)C)cc-3oc2c1. The summed E-state index contributed by atoms with van der Waals surface area (Å²) in [7, 11) is 7.92. The number of ketones is 2. The third-order valence-electron chi connectivity index (χ3n) is 10.4. The van der Waals surface area contributed by atoms with Gasteiger partial charge in [-0.2, -0.15) is 0 Å². The predicted molar refractivity (Wildman–Crippen MR) is 226 cm³/mol. The molecule has 3 aliphatic rings. The number of anilines is 1. The van der Waals surface area contributed by atoms with Gasteiger partial charge in [-0.3, -0.25) is 14.4 Å². The van der Waals surface area contributed by atoms with E-state index in [1.165, 1.54) is 0 Å². The van der Waals surface area contributed by atoms with Gasteiger partial charge < -0.3 is 29.3 Å². The summed E-state index contributed by atoms with van der Waals surface area (Å²) in [6, 6.07) is 28.0. The van der Waals surface area contributed by atoms with E-state index in [2.05, 4.69) is 5.32 Å². The molecular formula is C47H54N3O8+. The maximum Gasteiger partial charge on any atom is 0.336 e. The van der Waals surface area contributed by atoms with Crippen molar-refractivity contribution in [2.75, 3.05) is 33.1 Å². The first kappa shape index (κ1) is 43.0. The molecule has 0 saturated carbocycles. The van der Waals surface area contributed by atoms with Crippen molar-refractivity contribution in [3.63, 3.8) is 0 Å². The number of amides is 1. The lowest BCUT2D eigenvalue weighted by Crippen LogP contribution is -2.48. The number of nitrogens with one attached hydrogen (secondary N) is 1. The van der Waals surface area contributed by atoms with Crippen molar-refractivity contribution in [2.45, 2.75) is 77.4 Å². The lowest BCUT2D eigenvalue weighted by Gasteiger charge is -2.32. The largest absolute Gasteiger partial charge is 0.478 e. The van der Waals surface area contributed by atoms with Crippen LogP contribution in [0, 0.1) is 5.92 Å². The molecule has 11 nitrogen and oxygen atoms in total. The predicted octanol–water partition coefficient (Wildman–Crippen LogP) is 7.16. The minimum atomic E-state index is -0.947. The van der Waals surface area contributed by atoms with Crippen molar-refractivity contribution >= 4 is 46.1 Å². The van der Waals surface area contributed by atoms with Crippen LogP contribution < -0.4 is 20.1 Å². The van der Waals surface area contributed by atoms with Crippen LogP contribution in [0.25, 0.3) is 33.4 Å². The molecular weight excluding hydrogens is 735 g/mol. The number of Topliss-reactive ketones (excluding diaryl/α,β-unsaturated/α-hetero) is 2. The van der Waals surface area contributed by atoms with Gasteiger partial charge in [0.15, 0.2) is 5.78 Å². The summed E-state index contributed by atoms with van der Waals surface area (Å²) < 4.78 is 13.2. The second-order valence-corrected chi connectivity index (χ2v) is 15.3. The molecule has 3 atom stereocenters. The highest BCUT2D eigenvalue weighted by atomic mass is 16.6. The maximum atomic E-state index is 12.8. The number of carboxylic acids is 1. The van der Waals surface area contributed by atoms with Crippen molar-refractivity contribution < 1.29 is 38.2 Å². The topological polar surface area (TPSA) is 146 Å². The summed E-state index contributed by atoms with van der Waals surface area (Å²) in [4.78, 5) is 61.6. The lowest BCUT2D eigenvalue weighted by molar-refractivity contribution is -0.183. The van der Waals surface area contributed by atoms with Crippen LogP contribution in [-0.2, 0) is 30.3 Å². The molecule has 2 heterocycles. The van der Waals surface area contributed by atoms with E-state index < -0.39 is 17.9 Å². The molecule has 0 unspecified atom stereocenters. The molecule has 304 valence electrons. The summed E-state index contributed by atoms with van der Waals surface area (Å²) in [5, 5.41) is 14.5. The molecule has 6 rings (SSSR count). The highest BCUT2D eigenvalue weighted by Crippen LogP contribution is 2.42. The Morgan fingerprint density at radius 3 is 2.17 bits per heavy atom. The molecule has 0 radical (unpaired) electrons. The van der Waals surface area contributed by atoms with Gasteiger partial charge in [0.05, 0.1) is 17.7 Å². The second kappa shape index (κ2) is 19.9. The number of cyclic esters (lactones) is 1. The summed E-state index contributed by atoms with van der Waals surface area (Å²) in [5.74, 6) is -1.10. The number of benzene rings is 4. The number of aromatic carboxylic acids is 1. The fraction of sp³-hybridized carbons (Fsp3) is 0.362. The number of carbonyl (C=O) groups is 5. The van der Waals surface area contributed by atoms with Gasteiger partial charge in [0.25, 0.3) is 0 Å². The van der Waals surface area contributed by atoms with Crippen LogP contribution in [0.3, 0.4) is 0 Å². The van der Waals surface area contributed by atoms with E-state index in [1.54, 1.807) is 26.0 Å². The van der Waals surface area contributed by atoms with Gasteiger partial charge in [0.1, 0.15) is 43.2 Å². The Morgan fingerprint density at radius 1 is 0.845 bits per heavy atom. The number of carbonyl (C=O) groups excluding carboxylic acids is 4. The Bertz CT molecular complexity index is 2310. The molecule has 0 spiro atoms. The van der Waals surface area contributed by atoms with E-state index in [0.29, 0.717) is 24.8 Å². The maximum absolute atomic E-state index is 12.8. The van der Waals surface area contributed by atoms with Gasteiger partial charge in [-0.1, -0.05) is 61.4 Å². The third-order valence-corrected chi connectivity index (χ3v) is 10.4. The zero-order valence-corrected chi connectivity index (χ0v) is 34.2. The van der Waals surface area contributed by atoms with E-state index in [-0.39, 0.29) is 41.5 Å². The molecule has 2 aliphatic heterocycles. The number of unbranched alkanes of at least 4 members (excludes halogenated alkanes) is 3. The number of hydrogen-bond donors (Lipinski definition) is 2. The van der Waals surface area contributed by atoms with Gasteiger partial charge in [0, 0.05) is 67.7 Å². The number of nitrogens with zero attached hydrogens (tertiary/aromatic N) is 2. The average Bonchev–Trinajstić information content (AvgIpc) is 3.20. The number of ether oxygens (including phenoxy) is 1. The fourth-order valence-corrected chi connectivity index (χ4v) is 7.06. The molecule has 58 heavy (non-hydrogen) atoms. The molecule has 11 heteroatoms. The molecule has 1 saturated heterocycles. The first-order valence-corrected chi connectivity index (χ1v) is 19.8. The van der Waals surface area contributed by atoms with Crippen molar-refractivity contribution in [1.82, 2.24) is 9.89 Å². The van der Waals surface area contributed by atoms with Crippen LogP contribution in [0.2, 0.25) is 0 Å². The smallest absolute Gasteiger partial charge is 0.336 e. The van der Waals surface area contributed by atoms with E-state index >= 15 is 0 Å². The standard InChI is InChI=1S/C24H22N2O3.C23H31NO5/c1-25(2)15-9-11-19-21(13-15)29-22-14-16(26(3)4)10-12-20(22)23(19)17-7-5-6-8-18(17)24(27)28;1-16(25)10-6-3-4-9-13-22(27)24-20(14-18-11-7-5-8-12-18)21(26)15-19-17(2)29-23(19)28/h5-14H,1-4H3;5,7-8,11-12,17,19-20H,3-4,6,9-10,13-15H2,1-2H3,(H,24,27)/p+1/t;17-,19+,20-/m.1/s1. The van der Waals surface area contributed by atoms with Crippen LogP contribution in [0.5, 0.6) is 0 Å². The Morgan fingerprint density at radius 2 is 1.53 bits per heavy atom. The zero-order chi connectivity index (χ0) is 41.9. The van der Waals surface area contributed by atoms with Gasteiger partial charge >= 0.3 is 11.9 Å². The van der Waals surface area contributed by atoms with Crippen LogP contribution in [0.4, 0.5) is 5.69 Å². The van der Waals surface area contributed by atoms with E-state index in [0.717, 1.165) is 70.1 Å². The van der Waals surface area contributed by atoms with E-state index in [1.807, 2.05) is 117 Å². The minimum Gasteiger partial charge on any atom is -0.478 e. The monoisotopic (exact) mass is 788 g/mol. The van der Waals surface area contributed by atoms with E-state index in [4.69, 9.17) is 9.15 Å². The number of fused-ring (bicyclic) bond motifs is 2. The van der Waals surface area contributed by atoms with Crippen molar-refractivity contribution in [2.24, 2.45) is 5.92 Å². The summed E-state index contributed by atoms with van der Waals surface area (Å²) in [6.45, 7) is 3.36. The number of hydrogen-bond acceptors (Lipinski definition) is 8. The molecule has 1 aliphatic carbocycles. The molecule has 1 amide bonds. The number of carboxylic acid groups (broad SMARTS) is 1. The molecule has 3 aromatic carbocycles. The van der Waals surface area contributed by atoms with Crippen LogP contribution >= 0.6 is 0 Å². The van der Waals surface area contributed by atoms with Crippen molar-refractivity contribution in [1.29, 1.82) is 0 Å². The van der Waals surface area contributed by atoms with Gasteiger partial charge in [-0.05, 0) is 68.5 Å². The fourth-order valence-electron chi connectivity index (χ4n) is 7.06. The Labute approximate surface area is 339 Å². The quantitative estimate of drug-likeness (QED) is 0.0460. The van der Waals surface area contributed by atoms with E-state index in [9.17, 15) is 29.1 Å². The first-order chi connectivity index (χ1) is 27.7. The van der Waals surface area contributed by atoms with Crippen LogP contribution in [0.1, 0.15) is 74.7 Å². The molecule has 1 fully saturated rings. The summed E-state index contributed by atoms with van der Waals surface area (Å²) in [6.07, 6.45) is 4.54. The highest BCUT2D eigenvalue weighted by molar-refractivity contribution is 6.07. The highest BCUT2D eigenvalue weighted by Gasteiger charge is 2.41. The van der Waals surface area contributed by atoms with Crippen LogP contribution in [-0.4, -0.2) is 74.9 Å². The van der Waals surface area contributed by atoms with Crippen molar-refractivity contribution in [3.05, 3.63) is 107 Å². The number of esters is 1. The Kier molecular flexibility index (Phi) is 14.7. The average molecular weight is 789 g/mol. The van der Waals surface area contributed by atoms with Crippen LogP contribution in [0.15, 0.2) is 95.4 Å². The second-order valence-electron chi connectivity index (χ2n) is 15.3. The summed E-state index contributed by atoms with van der Waals surface area (Å²) in [5.41, 5.74) is 5.40. The van der Waals surface area contributed by atoms with Crippen molar-refractivity contribution in [3.8, 4) is 22.5 Å². The normalized spacial score (nSPS) is 15.0. The number of rotatable bonds is 16. The first-order valence-electron chi connectivity index (χ1n) is 19.8. The lowest BCUT2D eigenvalue weighted by atomic mass is 9.88. The van der Waals surface area contributed by atoms with Gasteiger partial charge in [-0.15, -0.1) is 0 Å². The molecule has 3 aromatic rings. The Hall–Kier alpha value is -6.10. The molecule has 2 N–H and O–H groups in total. The summed E-state index contributed by atoms with van der Waals surface area (Å²) >= 11 is 0. The van der Waals surface area contributed by atoms with Gasteiger partial charge in [0.2, 0.25) is 11.3 Å². The zero-order valence-electron chi connectivity index (χ0n) is 34.2.